The molecule has 0 aromatic rings. The van der Waals surface area contributed by atoms with E-state index in [0.717, 1.165) is 57.8 Å². The van der Waals surface area contributed by atoms with Crippen LogP contribution in [0.4, 0.5) is 0 Å². The topological polar surface area (TPSA) is 95.9 Å². The fourth-order valence-corrected chi connectivity index (χ4v) is 8.50. The average molecular weight is 901 g/mol. The van der Waals surface area contributed by atoms with Crippen molar-refractivity contribution in [3.63, 3.8) is 0 Å². The van der Waals surface area contributed by atoms with Crippen molar-refractivity contribution in [3.05, 3.63) is 36.5 Å². The fourth-order valence-electron chi connectivity index (χ4n) is 8.50. The number of allylic oxidation sites excluding steroid dienone is 5. The van der Waals surface area contributed by atoms with E-state index in [9.17, 15) is 19.8 Å². The van der Waals surface area contributed by atoms with Gasteiger partial charge >= 0.3 is 5.97 Å². The summed E-state index contributed by atoms with van der Waals surface area (Å²) in [6, 6.07) is -0.637. The molecule has 0 aromatic carbocycles. The van der Waals surface area contributed by atoms with Crippen LogP contribution in [0.3, 0.4) is 0 Å². The van der Waals surface area contributed by atoms with Crippen LogP contribution < -0.4 is 5.32 Å². The Hall–Kier alpha value is -1.92. The van der Waals surface area contributed by atoms with E-state index in [-0.39, 0.29) is 18.5 Å². The largest absolute Gasteiger partial charge is 0.466 e. The van der Waals surface area contributed by atoms with Crippen LogP contribution in [0.5, 0.6) is 0 Å². The summed E-state index contributed by atoms with van der Waals surface area (Å²) in [5.41, 5.74) is 0. The lowest BCUT2D eigenvalue weighted by molar-refractivity contribution is -0.143. The van der Waals surface area contributed by atoms with Crippen LogP contribution >= 0.6 is 0 Å². The van der Waals surface area contributed by atoms with Crippen molar-refractivity contribution in [2.75, 3.05) is 13.2 Å². The molecule has 0 heterocycles. The summed E-state index contributed by atoms with van der Waals surface area (Å²) in [6.45, 7) is 4.87. The normalized spacial score (nSPS) is 12.9. The van der Waals surface area contributed by atoms with Gasteiger partial charge in [-0.3, -0.25) is 9.59 Å². The Morgan fingerprint density at radius 3 is 1.11 bits per heavy atom. The molecule has 3 N–H and O–H groups in total. The molecule has 0 saturated carbocycles. The van der Waals surface area contributed by atoms with Crippen molar-refractivity contribution >= 4 is 11.9 Å². The monoisotopic (exact) mass is 900 g/mol. The highest BCUT2D eigenvalue weighted by Gasteiger charge is 2.18. The molecule has 0 aromatic heterocycles. The summed E-state index contributed by atoms with van der Waals surface area (Å²) in [5, 5.41) is 23.0. The van der Waals surface area contributed by atoms with Crippen molar-refractivity contribution in [3.8, 4) is 0 Å². The van der Waals surface area contributed by atoms with E-state index in [1.807, 2.05) is 6.08 Å². The van der Waals surface area contributed by atoms with Gasteiger partial charge in [0, 0.05) is 12.8 Å². The Labute approximate surface area is 398 Å². The molecule has 0 radical (unpaired) electrons. The van der Waals surface area contributed by atoms with Gasteiger partial charge in [0.1, 0.15) is 0 Å². The standard InChI is InChI=1S/C58H109NO5/c1-3-5-7-9-11-13-15-17-18-21-25-28-32-36-40-44-48-52-58(63)64-53-49-45-41-37-33-29-26-23-20-19-22-24-27-31-35-39-43-47-51-57(62)59-55(54-60)56(61)50-46-42-38-34-30-16-14-12-10-8-6-4-2/h17-18,22,24,46,50,55-56,60-61H,3-16,19-21,23,25-45,47-49,51-54H2,1-2H3,(H,59,62)/b18-17-,24-22-,50-46+. The third kappa shape index (κ3) is 49.5. The highest BCUT2D eigenvalue weighted by molar-refractivity contribution is 5.76. The molecule has 0 aliphatic rings. The van der Waals surface area contributed by atoms with E-state index in [0.29, 0.717) is 19.4 Å². The molecule has 376 valence electrons. The zero-order chi connectivity index (χ0) is 46.5. The summed E-state index contributed by atoms with van der Waals surface area (Å²) >= 11 is 0. The predicted molar refractivity (Wildman–Crippen MR) is 278 cm³/mol. The number of aliphatic hydroxyl groups excluding tert-OH is 2. The number of carbonyl (C=O) groups excluding carboxylic acids is 2. The van der Waals surface area contributed by atoms with Crippen LogP contribution in [0.15, 0.2) is 36.5 Å². The minimum Gasteiger partial charge on any atom is -0.466 e. The van der Waals surface area contributed by atoms with Gasteiger partial charge in [-0.15, -0.1) is 0 Å². The first-order valence-corrected chi connectivity index (χ1v) is 28.3. The number of rotatable bonds is 52. The Morgan fingerprint density at radius 1 is 0.422 bits per heavy atom. The van der Waals surface area contributed by atoms with Crippen molar-refractivity contribution < 1.29 is 24.5 Å². The SMILES string of the molecule is CCCCCCCC/C=C\CCCCCCCCCC(=O)OCCCCCCCCCCC/C=C\CCCCCCCC(=O)NC(CO)C(O)/C=C/CCCCCCCCCCCC. The highest BCUT2D eigenvalue weighted by atomic mass is 16.5. The Morgan fingerprint density at radius 2 is 0.734 bits per heavy atom. The fraction of sp³-hybridized carbons (Fsp3) is 0.862. The Bertz CT molecular complexity index is 1040. The molecule has 0 saturated heterocycles. The van der Waals surface area contributed by atoms with Gasteiger partial charge in [0.05, 0.1) is 25.4 Å². The van der Waals surface area contributed by atoms with E-state index in [2.05, 4.69) is 43.5 Å². The summed E-state index contributed by atoms with van der Waals surface area (Å²) in [6.07, 6.45) is 65.9. The molecule has 6 heteroatoms. The third-order valence-corrected chi connectivity index (χ3v) is 12.9. The van der Waals surface area contributed by atoms with Crippen molar-refractivity contribution in [2.24, 2.45) is 0 Å². The van der Waals surface area contributed by atoms with Gasteiger partial charge in [0.25, 0.3) is 0 Å². The summed E-state index contributed by atoms with van der Waals surface area (Å²) in [4.78, 5) is 24.5. The number of carbonyl (C=O) groups is 2. The van der Waals surface area contributed by atoms with Gasteiger partial charge in [-0.05, 0) is 83.5 Å². The summed E-state index contributed by atoms with van der Waals surface area (Å²) in [5.74, 6) is -0.0851. The zero-order valence-electron chi connectivity index (χ0n) is 42.8. The van der Waals surface area contributed by atoms with Crippen LogP contribution in [0.1, 0.15) is 296 Å². The van der Waals surface area contributed by atoms with E-state index in [1.54, 1.807) is 6.08 Å². The maximum absolute atomic E-state index is 12.4. The Kier molecular flexibility index (Phi) is 52.1. The number of amides is 1. The van der Waals surface area contributed by atoms with Gasteiger partial charge in [0.15, 0.2) is 0 Å². The average Bonchev–Trinajstić information content (AvgIpc) is 3.29. The third-order valence-electron chi connectivity index (χ3n) is 12.9. The van der Waals surface area contributed by atoms with E-state index in [1.165, 1.54) is 212 Å². The molecule has 2 unspecified atom stereocenters. The first-order valence-electron chi connectivity index (χ1n) is 28.3. The van der Waals surface area contributed by atoms with E-state index in [4.69, 9.17) is 4.74 Å². The molecule has 6 nitrogen and oxygen atoms in total. The maximum Gasteiger partial charge on any atom is 0.305 e. The predicted octanol–water partition coefficient (Wildman–Crippen LogP) is 17.2. The summed E-state index contributed by atoms with van der Waals surface area (Å²) in [7, 11) is 0. The molecule has 0 bridgehead atoms. The number of hydrogen-bond donors (Lipinski definition) is 3. The van der Waals surface area contributed by atoms with Crippen LogP contribution in [0, 0.1) is 0 Å². The van der Waals surface area contributed by atoms with E-state index < -0.39 is 12.1 Å². The van der Waals surface area contributed by atoms with Gasteiger partial charge < -0.3 is 20.3 Å². The van der Waals surface area contributed by atoms with Crippen LogP contribution in [0.2, 0.25) is 0 Å². The van der Waals surface area contributed by atoms with Gasteiger partial charge in [0.2, 0.25) is 5.91 Å². The number of aliphatic hydroxyl groups is 2. The second kappa shape index (κ2) is 53.7. The lowest BCUT2D eigenvalue weighted by atomic mass is 10.1. The molecular formula is C58H109NO5. The van der Waals surface area contributed by atoms with Crippen LogP contribution in [0.25, 0.3) is 0 Å². The molecule has 0 aliphatic carbocycles. The van der Waals surface area contributed by atoms with Crippen molar-refractivity contribution in [1.29, 1.82) is 0 Å². The van der Waals surface area contributed by atoms with Gasteiger partial charge in [-0.2, -0.15) is 0 Å². The molecule has 2 atom stereocenters. The molecule has 64 heavy (non-hydrogen) atoms. The molecular weight excluding hydrogens is 791 g/mol. The number of hydrogen-bond acceptors (Lipinski definition) is 5. The molecule has 0 spiro atoms. The molecule has 0 rings (SSSR count). The minimum atomic E-state index is -0.852. The second-order valence-electron chi connectivity index (χ2n) is 19.3. The highest BCUT2D eigenvalue weighted by Crippen LogP contribution is 2.15. The van der Waals surface area contributed by atoms with Crippen LogP contribution in [-0.2, 0) is 14.3 Å². The summed E-state index contributed by atoms with van der Waals surface area (Å²) < 4.78 is 5.48. The van der Waals surface area contributed by atoms with Crippen LogP contribution in [-0.4, -0.2) is 47.4 Å². The number of unbranched alkanes of at least 4 members (excludes halogenated alkanes) is 37. The van der Waals surface area contributed by atoms with Gasteiger partial charge in [-0.25, -0.2) is 0 Å². The lowest BCUT2D eigenvalue weighted by Gasteiger charge is -2.20. The second-order valence-corrected chi connectivity index (χ2v) is 19.3. The number of nitrogens with one attached hydrogen (secondary N) is 1. The van der Waals surface area contributed by atoms with Crippen molar-refractivity contribution in [2.45, 2.75) is 309 Å². The molecule has 0 aliphatic heterocycles. The van der Waals surface area contributed by atoms with Crippen molar-refractivity contribution in [1.82, 2.24) is 5.32 Å². The Balaban J connectivity index is 3.45. The molecule has 1 amide bonds. The van der Waals surface area contributed by atoms with E-state index >= 15 is 0 Å². The minimum absolute atomic E-state index is 0.00164. The molecule has 0 fully saturated rings. The number of esters is 1. The first kappa shape index (κ1) is 62.1. The number of ether oxygens (including phenoxy) is 1. The quantitative estimate of drug-likeness (QED) is 0.0321. The smallest absolute Gasteiger partial charge is 0.305 e. The maximum atomic E-state index is 12.4. The zero-order valence-corrected chi connectivity index (χ0v) is 42.8. The first-order chi connectivity index (χ1) is 31.5. The van der Waals surface area contributed by atoms with Gasteiger partial charge in [-0.1, -0.05) is 237 Å². The lowest BCUT2D eigenvalue weighted by Crippen LogP contribution is -2.45.